The molecule has 9 heteroatoms. The number of ketones is 2. The predicted octanol–water partition coefficient (Wildman–Crippen LogP) is 2.64. The normalized spacial score (nSPS) is 12.5. The Kier molecular flexibility index (Phi) is 4.70. The monoisotopic (exact) mass is 312 g/mol. The van der Waals surface area contributed by atoms with Gasteiger partial charge in [-0.15, -0.1) is 0 Å². The number of non-ortho nitro benzene ring substituents is 1. The Labute approximate surface area is 124 Å². The molecule has 0 amide bonds. The molecule has 1 unspecified atom stereocenters. The standard InChI is InChI=1S/C13H13FN2O6/c1-13(2,3)12(18)10(14)11(17)8-5-4-7(15(19)20)6-9(8)16(21)22/h4-6,10H,1-3H3. The maximum atomic E-state index is 14.0. The summed E-state index contributed by atoms with van der Waals surface area (Å²) in [5.41, 5.74) is -3.35. The summed E-state index contributed by atoms with van der Waals surface area (Å²) in [6.45, 7) is 4.21. The van der Waals surface area contributed by atoms with Gasteiger partial charge in [0.15, 0.2) is 5.78 Å². The molecule has 0 spiro atoms. The summed E-state index contributed by atoms with van der Waals surface area (Å²) in [5.74, 6) is -2.41. The minimum Gasteiger partial charge on any atom is -0.295 e. The molecular formula is C13H13FN2O6. The van der Waals surface area contributed by atoms with Crippen molar-refractivity contribution >= 4 is 22.9 Å². The molecule has 0 radical (unpaired) electrons. The second-order valence-corrected chi connectivity index (χ2v) is 5.56. The van der Waals surface area contributed by atoms with Crippen molar-refractivity contribution in [1.82, 2.24) is 0 Å². The molecule has 0 aromatic heterocycles. The van der Waals surface area contributed by atoms with Crippen LogP contribution in [0.2, 0.25) is 0 Å². The second kappa shape index (κ2) is 5.96. The maximum Gasteiger partial charge on any atom is 0.287 e. The lowest BCUT2D eigenvalue weighted by atomic mass is 9.85. The van der Waals surface area contributed by atoms with Gasteiger partial charge in [-0.3, -0.25) is 29.8 Å². The van der Waals surface area contributed by atoms with Crippen LogP contribution < -0.4 is 0 Å². The van der Waals surface area contributed by atoms with Gasteiger partial charge >= 0.3 is 0 Å². The lowest BCUT2D eigenvalue weighted by Crippen LogP contribution is -2.35. The Balaban J connectivity index is 3.32. The van der Waals surface area contributed by atoms with Crippen LogP contribution in [0.3, 0.4) is 0 Å². The van der Waals surface area contributed by atoms with Crippen LogP contribution in [0, 0.1) is 25.6 Å². The first-order chi connectivity index (χ1) is 9.96. The Morgan fingerprint density at radius 1 is 1.14 bits per heavy atom. The number of rotatable bonds is 5. The highest BCUT2D eigenvalue weighted by Crippen LogP contribution is 2.28. The summed E-state index contributed by atoms with van der Waals surface area (Å²) in [4.78, 5) is 43.3. The lowest BCUT2D eigenvalue weighted by molar-refractivity contribution is -0.394. The highest BCUT2D eigenvalue weighted by Gasteiger charge is 2.38. The van der Waals surface area contributed by atoms with E-state index in [2.05, 4.69) is 0 Å². The summed E-state index contributed by atoms with van der Waals surface area (Å²) < 4.78 is 14.0. The van der Waals surface area contributed by atoms with Gasteiger partial charge in [-0.25, -0.2) is 4.39 Å². The van der Waals surface area contributed by atoms with Gasteiger partial charge in [0.2, 0.25) is 12.0 Å². The fourth-order valence-corrected chi connectivity index (χ4v) is 1.63. The van der Waals surface area contributed by atoms with Crippen LogP contribution in [0.15, 0.2) is 18.2 Å². The van der Waals surface area contributed by atoms with Crippen LogP contribution >= 0.6 is 0 Å². The molecule has 8 nitrogen and oxygen atoms in total. The molecular weight excluding hydrogens is 299 g/mol. The van der Waals surface area contributed by atoms with Crippen LogP contribution in [0.1, 0.15) is 31.1 Å². The fourth-order valence-electron chi connectivity index (χ4n) is 1.63. The van der Waals surface area contributed by atoms with Gasteiger partial charge in [0, 0.05) is 11.5 Å². The third kappa shape index (κ3) is 3.48. The summed E-state index contributed by atoms with van der Waals surface area (Å²) in [5, 5.41) is 21.5. The quantitative estimate of drug-likeness (QED) is 0.356. The zero-order valence-electron chi connectivity index (χ0n) is 12.0. The summed E-state index contributed by atoms with van der Waals surface area (Å²) in [6, 6.07) is 2.18. The van der Waals surface area contributed by atoms with Crippen LogP contribution in [0.4, 0.5) is 15.8 Å². The van der Waals surface area contributed by atoms with Crippen molar-refractivity contribution in [2.45, 2.75) is 26.9 Å². The summed E-state index contributed by atoms with van der Waals surface area (Å²) in [6.07, 6.45) is -2.57. The van der Waals surface area contributed by atoms with E-state index in [1.807, 2.05) is 0 Å². The Morgan fingerprint density at radius 3 is 2.09 bits per heavy atom. The van der Waals surface area contributed by atoms with E-state index in [4.69, 9.17) is 0 Å². The number of nitro groups is 2. The van der Waals surface area contributed by atoms with Gasteiger partial charge < -0.3 is 0 Å². The van der Waals surface area contributed by atoms with Crippen molar-refractivity contribution in [3.8, 4) is 0 Å². The van der Waals surface area contributed by atoms with Gasteiger partial charge in [0.25, 0.3) is 11.4 Å². The van der Waals surface area contributed by atoms with Gasteiger partial charge in [0.05, 0.1) is 21.5 Å². The van der Waals surface area contributed by atoms with E-state index < -0.39 is 49.9 Å². The number of carbonyl (C=O) groups is 2. The first kappa shape index (κ1) is 17.3. The van der Waals surface area contributed by atoms with Crippen LogP contribution in [0.5, 0.6) is 0 Å². The number of halogens is 1. The van der Waals surface area contributed by atoms with E-state index in [0.717, 1.165) is 12.1 Å². The van der Waals surface area contributed by atoms with Gasteiger partial charge in [-0.05, 0) is 6.07 Å². The molecule has 118 valence electrons. The van der Waals surface area contributed by atoms with E-state index in [-0.39, 0.29) is 0 Å². The third-order valence-corrected chi connectivity index (χ3v) is 2.85. The molecule has 0 aliphatic carbocycles. The van der Waals surface area contributed by atoms with Crippen molar-refractivity contribution in [2.75, 3.05) is 0 Å². The van der Waals surface area contributed by atoms with Crippen LogP contribution in [0.25, 0.3) is 0 Å². The first-order valence-corrected chi connectivity index (χ1v) is 6.12. The number of nitrogens with zero attached hydrogens (tertiary/aromatic N) is 2. The van der Waals surface area contributed by atoms with Gasteiger partial charge in [-0.2, -0.15) is 0 Å². The zero-order valence-corrected chi connectivity index (χ0v) is 12.0. The first-order valence-electron chi connectivity index (χ1n) is 6.12. The predicted molar refractivity (Wildman–Crippen MR) is 73.4 cm³/mol. The minimum absolute atomic E-state index is 0.557. The largest absolute Gasteiger partial charge is 0.295 e. The van der Waals surface area contributed by atoms with E-state index in [0.29, 0.717) is 6.07 Å². The topological polar surface area (TPSA) is 120 Å². The molecule has 0 aliphatic heterocycles. The van der Waals surface area contributed by atoms with E-state index >= 15 is 0 Å². The summed E-state index contributed by atoms with van der Waals surface area (Å²) >= 11 is 0. The molecule has 0 aliphatic rings. The highest BCUT2D eigenvalue weighted by molar-refractivity contribution is 6.16. The second-order valence-electron chi connectivity index (χ2n) is 5.56. The van der Waals surface area contributed by atoms with Crippen molar-refractivity contribution < 1.29 is 23.8 Å². The van der Waals surface area contributed by atoms with E-state index in [9.17, 15) is 34.2 Å². The number of Topliss-reactive ketones (excluding diaryl/α,β-unsaturated/α-hetero) is 2. The SMILES string of the molecule is CC(C)(C)C(=O)C(F)C(=O)c1ccc([N+](=O)[O-])cc1[N+](=O)[O-]. The van der Waals surface area contributed by atoms with Crippen molar-refractivity contribution in [3.05, 3.63) is 44.0 Å². The van der Waals surface area contributed by atoms with Crippen LogP contribution in [-0.4, -0.2) is 27.6 Å². The average Bonchev–Trinajstić information content (AvgIpc) is 2.43. The van der Waals surface area contributed by atoms with Gasteiger partial charge in [-0.1, -0.05) is 20.8 Å². The van der Waals surface area contributed by atoms with Crippen molar-refractivity contribution in [2.24, 2.45) is 5.41 Å². The smallest absolute Gasteiger partial charge is 0.287 e. The van der Waals surface area contributed by atoms with E-state index in [1.54, 1.807) is 0 Å². The number of hydrogen-bond donors (Lipinski definition) is 0. The number of carbonyl (C=O) groups excluding carboxylic acids is 2. The van der Waals surface area contributed by atoms with Crippen molar-refractivity contribution in [1.29, 1.82) is 0 Å². The third-order valence-electron chi connectivity index (χ3n) is 2.85. The van der Waals surface area contributed by atoms with Crippen molar-refractivity contribution in [3.63, 3.8) is 0 Å². The number of benzene rings is 1. The molecule has 0 fully saturated rings. The molecule has 0 heterocycles. The molecule has 0 N–H and O–H groups in total. The molecule has 0 saturated carbocycles. The number of nitro benzene ring substituents is 2. The summed E-state index contributed by atoms with van der Waals surface area (Å²) in [7, 11) is 0. The molecule has 22 heavy (non-hydrogen) atoms. The Hall–Kier alpha value is -2.71. The lowest BCUT2D eigenvalue weighted by Gasteiger charge is -2.18. The van der Waals surface area contributed by atoms with E-state index in [1.165, 1.54) is 20.8 Å². The fraction of sp³-hybridized carbons (Fsp3) is 0.385. The van der Waals surface area contributed by atoms with Gasteiger partial charge in [0.1, 0.15) is 0 Å². The number of alkyl halides is 1. The molecule has 1 aromatic rings. The maximum absolute atomic E-state index is 14.0. The van der Waals surface area contributed by atoms with Crippen LogP contribution in [-0.2, 0) is 4.79 Å². The molecule has 0 bridgehead atoms. The number of hydrogen-bond acceptors (Lipinski definition) is 6. The highest BCUT2D eigenvalue weighted by atomic mass is 19.1. The average molecular weight is 312 g/mol. The molecule has 1 atom stereocenters. The molecule has 1 aromatic carbocycles. The zero-order chi connectivity index (χ0) is 17.2. The Morgan fingerprint density at radius 2 is 1.68 bits per heavy atom. The molecule has 0 saturated heterocycles. The minimum atomic E-state index is -2.57. The molecule has 1 rings (SSSR count). The Bertz CT molecular complexity index is 665.